The van der Waals surface area contributed by atoms with E-state index >= 15 is 0 Å². The van der Waals surface area contributed by atoms with Crippen LogP contribution in [0.5, 0.6) is 5.75 Å². The second-order valence-electron chi connectivity index (χ2n) is 4.91. The fourth-order valence-corrected chi connectivity index (χ4v) is 2.34. The number of rotatable bonds is 5. The second-order valence-corrected chi connectivity index (χ2v) is 6.13. The third kappa shape index (κ3) is 5.37. The molecule has 0 aliphatic carbocycles. The van der Waals surface area contributed by atoms with Crippen LogP contribution in [0.15, 0.2) is 42.5 Å². The van der Waals surface area contributed by atoms with Gasteiger partial charge in [-0.3, -0.25) is 10.1 Å². The lowest BCUT2D eigenvalue weighted by Gasteiger charge is -2.11. The molecule has 0 radical (unpaired) electrons. The number of ether oxygens (including phenoxy) is 1. The highest BCUT2D eigenvalue weighted by molar-refractivity contribution is 7.80. The standard InChI is InChI=1S/C17H16Cl2N2O2S/c1-2-9-23-13-6-3-11(4-7-13)16(22)21-17(24)20-12-5-8-14(18)15(19)10-12/h3-8,10H,2,9H2,1H3,(H2,20,21,22,24). The number of hydrogen-bond acceptors (Lipinski definition) is 3. The molecule has 0 atom stereocenters. The van der Waals surface area contributed by atoms with Gasteiger partial charge in [0.05, 0.1) is 16.7 Å². The Hall–Kier alpha value is -1.82. The van der Waals surface area contributed by atoms with E-state index in [0.29, 0.717) is 27.9 Å². The Balaban J connectivity index is 1.93. The van der Waals surface area contributed by atoms with Crippen molar-refractivity contribution in [1.29, 1.82) is 0 Å². The Bertz CT molecular complexity index is 736. The molecular weight excluding hydrogens is 367 g/mol. The minimum atomic E-state index is -0.311. The van der Waals surface area contributed by atoms with Gasteiger partial charge in [0.1, 0.15) is 5.75 Å². The summed E-state index contributed by atoms with van der Waals surface area (Å²) in [6.07, 6.45) is 0.927. The van der Waals surface area contributed by atoms with Crippen LogP contribution in [0, 0.1) is 0 Å². The maximum atomic E-state index is 12.2. The zero-order valence-electron chi connectivity index (χ0n) is 12.9. The molecule has 2 rings (SSSR count). The third-order valence-electron chi connectivity index (χ3n) is 2.99. The van der Waals surface area contributed by atoms with Crippen LogP contribution in [0.3, 0.4) is 0 Å². The number of carbonyl (C=O) groups excluding carboxylic acids is 1. The molecular formula is C17H16Cl2N2O2S. The molecule has 2 aromatic rings. The van der Waals surface area contributed by atoms with Gasteiger partial charge in [-0.1, -0.05) is 30.1 Å². The maximum absolute atomic E-state index is 12.2. The van der Waals surface area contributed by atoms with E-state index < -0.39 is 0 Å². The Labute approximate surface area is 156 Å². The van der Waals surface area contributed by atoms with E-state index in [1.54, 1.807) is 42.5 Å². The van der Waals surface area contributed by atoms with Crippen molar-refractivity contribution in [2.24, 2.45) is 0 Å². The summed E-state index contributed by atoms with van der Waals surface area (Å²) < 4.78 is 5.48. The molecule has 126 valence electrons. The first-order valence-corrected chi connectivity index (χ1v) is 8.46. The number of thiocarbonyl (C=S) groups is 1. The molecule has 0 aromatic heterocycles. The number of amides is 1. The first-order chi connectivity index (χ1) is 11.5. The van der Waals surface area contributed by atoms with Gasteiger partial charge in [0.25, 0.3) is 5.91 Å². The second kappa shape index (κ2) is 8.87. The van der Waals surface area contributed by atoms with Crippen molar-refractivity contribution in [1.82, 2.24) is 5.32 Å². The molecule has 0 heterocycles. The molecule has 7 heteroatoms. The van der Waals surface area contributed by atoms with Gasteiger partial charge in [0.15, 0.2) is 5.11 Å². The predicted molar refractivity (Wildman–Crippen MR) is 102 cm³/mol. The van der Waals surface area contributed by atoms with Crippen LogP contribution in [0.25, 0.3) is 0 Å². The van der Waals surface area contributed by atoms with Crippen molar-refractivity contribution < 1.29 is 9.53 Å². The van der Waals surface area contributed by atoms with E-state index in [4.69, 9.17) is 40.2 Å². The van der Waals surface area contributed by atoms with Crippen molar-refractivity contribution in [3.05, 3.63) is 58.1 Å². The zero-order chi connectivity index (χ0) is 17.5. The molecule has 2 N–H and O–H groups in total. The highest BCUT2D eigenvalue weighted by atomic mass is 35.5. The van der Waals surface area contributed by atoms with E-state index in [2.05, 4.69) is 10.6 Å². The van der Waals surface area contributed by atoms with Gasteiger partial charge in [-0.05, 0) is 61.1 Å². The quantitative estimate of drug-likeness (QED) is 0.721. The third-order valence-corrected chi connectivity index (χ3v) is 3.94. The molecule has 0 saturated carbocycles. The zero-order valence-corrected chi connectivity index (χ0v) is 15.3. The number of benzene rings is 2. The Morgan fingerprint density at radius 2 is 1.83 bits per heavy atom. The molecule has 0 saturated heterocycles. The SMILES string of the molecule is CCCOc1ccc(C(=O)NC(=S)Nc2ccc(Cl)c(Cl)c2)cc1. The fraction of sp³-hybridized carbons (Fsp3) is 0.176. The van der Waals surface area contributed by atoms with Gasteiger partial charge in [-0.25, -0.2) is 0 Å². The molecule has 0 aliphatic rings. The van der Waals surface area contributed by atoms with Gasteiger partial charge < -0.3 is 10.1 Å². The molecule has 0 spiro atoms. The topological polar surface area (TPSA) is 50.4 Å². The largest absolute Gasteiger partial charge is 0.494 e. The van der Waals surface area contributed by atoms with E-state index in [9.17, 15) is 4.79 Å². The Kier molecular flexibility index (Phi) is 6.85. The van der Waals surface area contributed by atoms with Crippen LogP contribution in [-0.2, 0) is 0 Å². The van der Waals surface area contributed by atoms with Crippen LogP contribution in [-0.4, -0.2) is 17.6 Å². The van der Waals surface area contributed by atoms with Crippen LogP contribution in [0.4, 0.5) is 5.69 Å². The summed E-state index contributed by atoms with van der Waals surface area (Å²) in [4.78, 5) is 12.2. The summed E-state index contributed by atoms with van der Waals surface area (Å²) in [6, 6.07) is 11.9. The molecule has 0 bridgehead atoms. The summed E-state index contributed by atoms with van der Waals surface area (Å²) in [5.74, 6) is 0.416. The Morgan fingerprint density at radius 1 is 1.12 bits per heavy atom. The van der Waals surface area contributed by atoms with Crippen LogP contribution in [0.2, 0.25) is 10.0 Å². The van der Waals surface area contributed by atoms with Crippen LogP contribution >= 0.6 is 35.4 Å². The van der Waals surface area contributed by atoms with Gasteiger partial charge in [-0.2, -0.15) is 0 Å². The summed E-state index contributed by atoms with van der Waals surface area (Å²) >= 11 is 16.9. The van der Waals surface area contributed by atoms with Gasteiger partial charge in [0.2, 0.25) is 0 Å². The molecule has 0 unspecified atom stereocenters. The van der Waals surface area contributed by atoms with Gasteiger partial charge in [0, 0.05) is 11.3 Å². The Morgan fingerprint density at radius 3 is 2.46 bits per heavy atom. The van der Waals surface area contributed by atoms with Crippen LogP contribution < -0.4 is 15.4 Å². The van der Waals surface area contributed by atoms with Crippen molar-refractivity contribution in [2.75, 3.05) is 11.9 Å². The lowest BCUT2D eigenvalue weighted by Crippen LogP contribution is -2.34. The van der Waals surface area contributed by atoms with Crippen molar-refractivity contribution in [3.63, 3.8) is 0 Å². The van der Waals surface area contributed by atoms with Crippen LogP contribution in [0.1, 0.15) is 23.7 Å². The van der Waals surface area contributed by atoms with E-state index in [-0.39, 0.29) is 11.0 Å². The highest BCUT2D eigenvalue weighted by Gasteiger charge is 2.09. The average Bonchev–Trinajstić information content (AvgIpc) is 2.56. The first kappa shape index (κ1) is 18.5. The van der Waals surface area contributed by atoms with Gasteiger partial charge >= 0.3 is 0 Å². The number of nitrogens with one attached hydrogen (secondary N) is 2. The summed E-state index contributed by atoms with van der Waals surface area (Å²) in [5, 5.41) is 6.51. The predicted octanol–water partition coefficient (Wildman–Crippen LogP) is 4.91. The molecule has 0 fully saturated rings. The molecule has 24 heavy (non-hydrogen) atoms. The lowest BCUT2D eigenvalue weighted by molar-refractivity contribution is 0.0977. The van der Waals surface area contributed by atoms with E-state index in [1.807, 2.05) is 6.92 Å². The summed E-state index contributed by atoms with van der Waals surface area (Å²) in [6.45, 7) is 2.67. The van der Waals surface area contributed by atoms with E-state index in [0.717, 1.165) is 12.2 Å². The monoisotopic (exact) mass is 382 g/mol. The number of halogens is 2. The van der Waals surface area contributed by atoms with E-state index in [1.165, 1.54) is 0 Å². The smallest absolute Gasteiger partial charge is 0.257 e. The molecule has 2 aromatic carbocycles. The highest BCUT2D eigenvalue weighted by Crippen LogP contribution is 2.24. The normalized spacial score (nSPS) is 10.1. The summed E-state index contributed by atoms with van der Waals surface area (Å²) in [5.41, 5.74) is 1.12. The summed E-state index contributed by atoms with van der Waals surface area (Å²) in [7, 11) is 0. The average molecular weight is 383 g/mol. The molecule has 4 nitrogen and oxygen atoms in total. The minimum absolute atomic E-state index is 0.171. The van der Waals surface area contributed by atoms with Crippen molar-refractivity contribution in [2.45, 2.75) is 13.3 Å². The molecule has 0 aliphatic heterocycles. The maximum Gasteiger partial charge on any atom is 0.257 e. The van der Waals surface area contributed by atoms with Crippen molar-refractivity contribution >= 4 is 52.1 Å². The minimum Gasteiger partial charge on any atom is -0.494 e. The number of hydrogen-bond donors (Lipinski definition) is 2. The number of anilines is 1. The lowest BCUT2D eigenvalue weighted by atomic mass is 10.2. The fourth-order valence-electron chi connectivity index (χ4n) is 1.83. The molecule has 1 amide bonds. The van der Waals surface area contributed by atoms with Crippen molar-refractivity contribution in [3.8, 4) is 5.75 Å². The number of carbonyl (C=O) groups is 1. The van der Waals surface area contributed by atoms with Gasteiger partial charge in [-0.15, -0.1) is 0 Å². The first-order valence-electron chi connectivity index (χ1n) is 7.30.